The van der Waals surface area contributed by atoms with Crippen LogP contribution in [0.5, 0.6) is 0 Å². The highest BCUT2D eigenvalue weighted by atomic mass is 16.4. The van der Waals surface area contributed by atoms with E-state index in [0.29, 0.717) is 22.7 Å². The smallest absolute Gasteiger partial charge is 0.319 e. The Bertz CT molecular complexity index is 1130. The fourth-order valence-electron chi connectivity index (χ4n) is 5.12. The third kappa shape index (κ3) is 8.16. The van der Waals surface area contributed by atoms with Gasteiger partial charge in [0, 0.05) is 23.4 Å². The minimum atomic E-state index is -0.969. The van der Waals surface area contributed by atoms with Gasteiger partial charge in [-0.2, -0.15) is 0 Å². The number of urea groups is 1. The zero-order valence-electron chi connectivity index (χ0n) is 22.7. The minimum Gasteiger partial charge on any atom is -0.481 e. The maximum absolute atomic E-state index is 13.0. The van der Waals surface area contributed by atoms with Gasteiger partial charge in [-0.05, 0) is 91.8 Å². The van der Waals surface area contributed by atoms with Gasteiger partial charge in [-0.1, -0.05) is 32.9 Å². The third-order valence-electron chi connectivity index (χ3n) is 7.46. The lowest BCUT2D eigenvalue weighted by molar-refractivity contribution is -0.136. The fourth-order valence-corrected chi connectivity index (χ4v) is 5.12. The number of carbonyl (C=O) groups is 4. The second-order valence-electron chi connectivity index (χ2n) is 11.2. The highest BCUT2D eigenvalue weighted by molar-refractivity contribution is 5.95. The van der Waals surface area contributed by atoms with Gasteiger partial charge >= 0.3 is 12.0 Å². The van der Waals surface area contributed by atoms with Crippen LogP contribution in [-0.2, 0) is 4.79 Å². The quantitative estimate of drug-likeness (QED) is 0.310. The van der Waals surface area contributed by atoms with Crippen LogP contribution >= 0.6 is 0 Å². The van der Waals surface area contributed by atoms with E-state index in [0.717, 1.165) is 31.2 Å². The molecule has 0 aliphatic heterocycles. The zero-order valence-corrected chi connectivity index (χ0v) is 22.7. The molecule has 3 rings (SSSR count). The summed E-state index contributed by atoms with van der Waals surface area (Å²) in [4.78, 5) is 47.7. The topological polar surface area (TPSA) is 125 Å². The van der Waals surface area contributed by atoms with Crippen LogP contribution in [0, 0.1) is 17.3 Å². The van der Waals surface area contributed by atoms with Gasteiger partial charge in [0.15, 0.2) is 5.78 Å². The van der Waals surface area contributed by atoms with E-state index < -0.39 is 5.97 Å². The molecule has 3 amide bonds. The molecule has 1 saturated carbocycles. The Hall–Kier alpha value is -3.68. The Balaban J connectivity index is 1.74. The first-order valence-corrected chi connectivity index (χ1v) is 13.2. The fraction of sp³-hybridized carbons (Fsp3) is 0.467. The number of hydrogen-bond donors (Lipinski definition) is 4. The van der Waals surface area contributed by atoms with E-state index >= 15 is 0 Å². The highest BCUT2D eigenvalue weighted by Crippen LogP contribution is 2.43. The molecule has 0 radical (unpaired) electrons. The molecule has 2 aromatic carbocycles. The van der Waals surface area contributed by atoms with Crippen molar-refractivity contribution in [1.82, 2.24) is 10.6 Å². The standard InChI is InChI=1S/C30H39N3O5/c1-19(34)20-11-15-25(16-12-20)32-29(38)33-27(22-9-13-24(14-10-22)30(2,3)4)21-5-7-23(8-6-21)28(37)31-18-17-26(35)36/h5-8,11-12,15-16,22,24,27H,9-10,13-14,17-18H2,1-4H3,(H,31,37)(H,35,36)(H2,32,33,38). The summed E-state index contributed by atoms with van der Waals surface area (Å²) in [6, 6.07) is 13.3. The number of carboxylic acids is 1. The summed E-state index contributed by atoms with van der Waals surface area (Å²) >= 11 is 0. The van der Waals surface area contributed by atoms with Crippen molar-refractivity contribution in [2.75, 3.05) is 11.9 Å². The van der Waals surface area contributed by atoms with Crippen molar-refractivity contribution in [3.05, 3.63) is 65.2 Å². The Morgan fingerprint density at radius 1 is 0.895 bits per heavy atom. The molecule has 1 atom stereocenters. The summed E-state index contributed by atoms with van der Waals surface area (Å²) in [7, 11) is 0. The van der Waals surface area contributed by atoms with E-state index in [1.54, 1.807) is 36.4 Å². The molecular weight excluding hydrogens is 482 g/mol. The number of carboxylic acid groups (broad SMARTS) is 1. The van der Waals surface area contributed by atoms with E-state index in [1.807, 2.05) is 12.1 Å². The van der Waals surface area contributed by atoms with Gasteiger partial charge in [-0.3, -0.25) is 14.4 Å². The molecule has 204 valence electrons. The van der Waals surface area contributed by atoms with Crippen LogP contribution in [-0.4, -0.2) is 35.3 Å². The molecule has 0 aromatic heterocycles. The number of hydrogen-bond acceptors (Lipinski definition) is 4. The van der Waals surface area contributed by atoms with Crippen molar-refractivity contribution >= 4 is 29.4 Å². The average Bonchev–Trinajstić information content (AvgIpc) is 2.87. The van der Waals surface area contributed by atoms with Gasteiger partial charge < -0.3 is 21.1 Å². The number of anilines is 1. The third-order valence-corrected chi connectivity index (χ3v) is 7.46. The summed E-state index contributed by atoms with van der Waals surface area (Å²) in [6.07, 6.45) is 4.00. The molecule has 4 N–H and O–H groups in total. The Morgan fingerprint density at radius 2 is 1.47 bits per heavy atom. The lowest BCUT2D eigenvalue weighted by Crippen LogP contribution is -2.38. The van der Waals surface area contributed by atoms with Gasteiger partial charge in [-0.25, -0.2) is 4.79 Å². The molecule has 0 spiro atoms. The number of carbonyl (C=O) groups excluding carboxylic acids is 3. The molecule has 1 fully saturated rings. The summed E-state index contributed by atoms with van der Waals surface area (Å²) in [5.41, 5.74) is 2.76. The number of ketones is 1. The van der Waals surface area contributed by atoms with Crippen molar-refractivity contribution in [1.29, 1.82) is 0 Å². The molecule has 1 unspecified atom stereocenters. The van der Waals surface area contributed by atoms with Gasteiger partial charge in [-0.15, -0.1) is 0 Å². The summed E-state index contributed by atoms with van der Waals surface area (Å²) < 4.78 is 0. The monoisotopic (exact) mass is 521 g/mol. The first-order valence-electron chi connectivity index (χ1n) is 13.2. The molecule has 1 aliphatic rings. The lowest BCUT2D eigenvalue weighted by Gasteiger charge is -2.39. The molecule has 0 saturated heterocycles. The van der Waals surface area contributed by atoms with E-state index in [-0.39, 0.29) is 48.1 Å². The number of rotatable bonds is 9. The zero-order chi connectivity index (χ0) is 27.9. The molecule has 8 nitrogen and oxygen atoms in total. The largest absolute Gasteiger partial charge is 0.481 e. The summed E-state index contributed by atoms with van der Waals surface area (Å²) in [6.45, 7) is 8.39. The maximum atomic E-state index is 13.0. The Kier molecular flexibility index (Phi) is 9.66. The number of aliphatic carboxylic acids is 1. The van der Waals surface area contributed by atoms with Crippen molar-refractivity contribution in [3.8, 4) is 0 Å². The van der Waals surface area contributed by atoms with Crippen LogP contribution in [0.3, 0.4) is 0 Å². The molecule has 38 heavy (non-hydrogen) atoms. The van der Waals surface area contributed by atoms with E-state index in [1.165, 1.54) is 6.92 Å². The van der Waals surface area contributed by atoms with Crippen LogP contribution in [0.2, 0.25) is 0 Å². The van der Waals surface area contributed by atoms with Crippen LogP contribution < -0.4 is 16.0 Å². The predicted octanol–water partition coefficient (Wildman–Crippen LogP) is 5.81. The van der Waals surface area contributed by atoms with Crippen molar-refractivity contribution in [2.45, 2.75) is 65.8 Å². The van der Waals surface area contributed by atoms with Gasteiger partial charge in [0.2, 0.25) is 0 Å². The molecule has 0 bridgehead atoms. The van der Waals surface area contributed by atoms with E-state index in [4.69, 9.17) is 5.11 Å². The van der Waals surface area contributed by atoms with Gasteiger partial charge in [0.25, 0.3) is 5.91 Å². The SMILES string of the molecule is CC(=O)c1ccc(NC(=O)NC(c2ccc(C(=O)NCCC(=O)O)cc2)C2CCC(C(C)(C)C)CC2)cc1. The van der Waals surface area contributed by atoms with Gasteiger partial charge in [0.1, 0.15) is 0 Å². The second-order valence-corrected chi connectivity index (χ2v) is 11.2. The summed E-state index contributed by atoms with van der Waals surface area (Å²) in [5, 5.41) is 17.4. The Morgan fingerprint density at radius 3 is 2.00 bits per heavy atom. The first kappa shape index (κ1) is 28.9. The normalized spacial score (nSPS) is 18.2. The van der Waals surface area contributed by atoms with Crippen LogP contribution in [0.1, 0.15) is 92.1 Å². The molecule has 2 aromatic rings. The predicted molar refractivity (Wildman–Crippen MR) is 147 cm³/mol. The number of Topliss-reactive ketones (excluding diaryl/α,β-unsaturated/α-hetero) is 1. The molecule has 1 aliphatic carbocycles. The Labute approximate surface area is 224 Å². The minimum absolute atomic E-state index is 0.0362. The molecule has 8 heteroatoms. The molecular formula is C30H39N3O5. The number of benzene rings is 2. The number of amides is 3. The molecule has 0 heterocycles. The van der Waals surface area contributed by atoms with Crippen molar-refractivity contribution < 1.29 is 24.3 Å². The van der Waals surface area contributed by atoms with Crippen molar-refractivity contribution in [3.63, 3.8) is 0 Å². The summed E-state index contributed by atoms with van der Waals surface area (Å²) in [5.74, 6) is -0.464. The maximum Gasteiger partial charge on any atom is 0.319 e. The van der Waals surface area contributed by atoms with E-state index in [9.17, 15) is 19.2 Å². The van der Waals surface area contributed by atoms with Crippen LogP contribution in [0.4, 0.5) is 10.5 Å². The van der Waals surface area contributed by atoms with E-state index in [2.05, 4.69) is 36.7 Å². The average molecular weight is 522 g/mol. The van der Waals surface area contributed by atoms with Crippen LogP contribution in [0.15, 0.2) is 48.5 Å². The van der Waals surface area contributed by atoms with Crippen LogP contribution in [0.25, 0.3) is 0 Å². The first-order chi connectivity index (χ1) is 17.9. The van der Waals surface area contributed by atoms with Crippen molar-refractivity contribution in [2.24, 2.45) is 17.3 Å². The highest BCUT2D eigenvalue weighted by Gasteiger charge is 2.34. The number of nitrogens with one attached hydrogen (secondary N) is 3. The second kappa shape index (κ2) is 12.7. The van der Waals surface area contributed by atoms with Gasteiger partial charge in [0.05, 0.1) is 12.5 Å². The lowest BCUT2D eigenvalue weighted by atomic mass is 9.68.